The van der Waals surface area contributed by atoms with Crippen molar-refractivity contribution in [3.63, 3.8) is 0 Å². The van der Waals surface area contributed by atoms with Crippen LogP contribution in [0.2, 0.25) is 0 Å². The van der Waals surface area contributed by atoms with Gasteiger partial charge < -0.3 is 19.5 Å². The van der Waals surface area contributed by atoms with Gasteiger partial charge in [0.1, 0.15) is 0 Å². The minimum Gasteiger partial charge on any atom is -0.383 e. The number of hydrogen-bond donors (Lipinski definition) is 1. The number of carbonyl (C=O) groups excluding carboxylic acids is 1. The highest BCUT2D eigenvalue weighted by Gasteiger charge is 2.10. The summed E-state index contributed by atoms with van der Waals surface area (Å²) in [4.78, 5) is 14.3. The summed E-state index contributed by atoms with van der Waals surface area (Å²) in [6.45, 7) is 3.32. The van der Waals surface area contributed by atoms with Gasteiger partial charge >= 0.3 is 0 Å². The molecule has 5 nitrogen and oxygen atoms in total. The van der Waals surface area contributed by atoms with E-state index >= 15 is 0 Å². The average Bonchev–Trinajstić information content (AvgIpc) is 2.86. The standard InChI is InChI=1S/C18H27N3O2/c1-20(11-12-23-3)10-6-9-19-18(22)13-15-14-21(2)17-8-5-4-7-16(15)17/h4-5,7-8,14H,6,9-13H2,1-3H3,(H,19,22). The largest absolute Gasteiger partial charge is 0.383 e. The zero-order valence-corrected chi connectivity index (χ0v) is 14.3. The number of aryl methyl sites for hydroxylation is 1. The Morgan fingerprint density at radius 1 is 1.30 bits per heavy atom. The second-order valence-electron chi connectivity index (χ2n) is 5.96. The van der Waals surface area contributed by atoms with Gasteiger partial charge in [0.2, 0.25) is 5.91 Å². The van der Waals surface area contributed by atoms with E-state index in [0.29, 0.717) is 13.0 Å². The Hall–Kier alpha value is -1.85. The summed E-state index contributed by atoms with van der Waals surface area (Å²) in [6, 6.07) is 8.18. The highest BCUT2D eigenvalue weighted by atomic mass is 16.5. The average molecular weight is 317 g/mol. The molecule has 0 aliphatic rings. The minimum absolute atomic E-state index is 0.0842. The van der Waals surface area contributed by atoms with Crippen molar-refractivity contribution in [2.24, 2.45) is 7.05 Å². The number of methoxy groups -OCH3 is 1. The van der Waals surface area contributed by atoms with Crippen molar-refractivity contribution >= 4 is 16.8 Å². The second kappa shape index (κ2) is 8.70. The van der Waals surface area contributed by atoms with E-state index in [0.717, 1.165) is 42.6 Å². The topological polar surface area (TPSA) is 46.5 Å². The molecule has 2 aromatic rings. The normalized spacial score (nSPS) is 11.3. The third-order valence-electron chi connectivity index (χ3n) is 4.05. The fourth-order valence-electron chi connectivity index (χ4n) is 2.74. The van der Waals surface area contributed by atoms with Crippen LogP contribution in [0.3, 0.4) is 0 Å². The zero-order chi connectivity index (χ0) is 16.7. The molecule has 126 valence electrons. The smallest absolute Gasteiger partial charge is 0.224 e. The van der Waals surface area contributed by atoms with Crippen LogP contribution in [0.4, 0.5) is 0 Å². The van der Waals surface area contributed by atoms with Crippen LogP contribution in [-0.2, 0) is 23.0 Å². The highest BCUT2D eigenvalue weighted by Crippen LogP contribution is 2.20. The van der Waals surface area contributed by atoms with Crippen molar-refractivity contribution in [1.29, 1.82) is 0 Å². The maximum absolute atomic E-state index is 12.1. The molecular weight excluding hydrogens is 290 g/mol. The second-order valence-corrected chi connectivity index (χ2v) is 5.96. The van der Waals surface area contributed by atoms with Crippen LogP contribution in [0, 0.1) is 0 Å². The number of ether oxygens (including phenoxy) is 1. The molecule has 0 aliphatic heterocycles. The summed E-state index contributed by atoms with van der Waals surface area (Å²) in [7, 11) is 5.79. The van der Waals surface area contributed by atoms with Crippen molar-refractivity contribution in [3.8, 4) is 0 Å². The fraction of sp³-hybridized carbons (Fsp3) is 0.500. The lowest BCUT2D eigenvalue weighted by Crippen LogP contribution is -2.30. The Bertz CT molecular complexity index is 636. The quantitative estimate of drug-likeness (QED) is 0.718. The number of likely N-dealkylation sites (N-methyl/N-ethyl adjacent to an activating group) is 1. The van der Waals surface area contributed by atoms with Gasteiger partial charge in [-0.25, -0.2) is 0 Å². The van der Waals surface area contributed by atoms with Crippen LogP contribution in [0.15, 0.2) is 30.5 Å². The predicted octanol–water partition coefficient (Wildman–Crippen LogP) is 1.81. The molecule has 2 rings (SSSR count). The molecule has 23 heavy (non-hydrogen) atoms. The van der Waals surface area contributed by atoms with Gasteiger partial charge in [-0.3, -0.25) is 4.79 Å². The lowest BCUT2D eigenvalue weighted by atomic mass is 10.1. The third kappa shape index (κ3) is 5.08. The van der Waals surface area contributed by atoms with E-state index in [1.165, 1.54) is 0 Å². The molecule has 1 heterocycles. The molecule has 0 spiro atoms. The summed E-state index contributed by atoms with van der Waals surface area (Å²) in [5.74, 6) is 0.0842. The number of rotatable bonds is 9. The maximum atomic E-state index is 12.1. The van der Waals surface area contributed by atoms with Gasteiger partial charge in [-0.15, -0.1) is 0 Å². The molecule has 0 atom stereocenters. The minimum atomic E-state index is 0.0842. The van der Waals surface area contributed by atoms with Gasteiger partial charge in [0.05, 0.1) is 13.0 Å². The van der Waals surface area contributed by atoms with Crippen LogP contribution in [0.1, 0.15) is 12.0 Å². The summed E-state index contributed by atoms with van der Waals surface area (Å²) in [5.41, 5.74) is 2.24. The summed E-state index contributed by atoms with van der Waals surface area (Å²) >= 11 is 0. The highest BCUT2D eigenvalue weighted by molar-refractivity contribution is 5.89. The number of para-hydroxylation sites is 1. The fourth-order valence-corrected chi connectivity index (χ4v) is 2.74. The zero-order valence-electron chi connectivity index (χ0n) is 14.3. The van der Waals surface area contributed by atoms with Crippen LogP contribution in [-0.4, -0.2) is 55.8 Å². The number of benzene rings is 1. The lowest BCUT2D eigenvalue weighted by molar-refractivity contribution is -0.120. The van der Waals surface area contributed by atoms with E-state index in [4.69, 9.17) is 4.74 Å². The number of aromatic nitrogens is 1. The number of nitrogens with one attached hydrogen (secondary N) is 1. The summed E-state index contributed by atoms with van der Waals surface area (Å²) < 4.78 is 7.12. The van der Waals surface area contributed by atoms with Crippen LogP contribution < -0.4 is 5.32 Å². The molecule has 1 aromatic carbocycles. The first-order valence-corrected chi connectivity index (χ1v) is 8.09. The molecule has 1 N–H and O–H groups in total. The Labute approximate surface area is 138 Å². The van der Waals surface area contributed by atoms with Gasteiger partial charge in [0.25, 0.3) is 0 Å². The van der Waals surface area contributed by atoms with Crippen molar-refractivity contribution in [1.82, 2.24) is 14.8 Å². The number of carbonyl (C=O) groups is 1. The first-order valence-electron chi connectivity index (χ1n) is 8.09. The van der Waals surface area contributed by atoms with Crippen molar-refractivity contribution in [2.75, 3.05) is 40.4 Å². The molecule has 0 unspecified atom stereocenters. The maximum Gasteiger partial charge on any atom is 0.224 e. The van der Waals surface area contributed by atoms with Gasteiger partial charge in [0, 0.05) is 44.3 Å². The van der Waals surface area contributed by atoms with E-state index in [9.17, 15) is 4.79 Å². The third-order valence-corrected chi connectivity index (χ3v) is 4.05. The lowest BCUT2D eigenvalue weighted by Gasteiger charge is -2.15. The van der Waals surface area contributed by atoms with Gasteiger partial charge in [-0.2, -0.15) is 0 Å². The molecule has 0 saturated heterocycles. The van der Waals surface area contributed by atoms with Crippen molar-refractivity contribution in [3.05, 3.63) is 36.0 Å². The van der Waals surface area contributed by atoms with Gasteiger partial charge in [0.15, 0.2) is 0 Å². The van der Waals surface area contributed by atoms with Crippen LogP contribution in [0.5, 0.6) is 0 Å². The molecule has 0 radical (unpaired) electrons. The van der Waals surface area contributed by atoms with Crippen LogP contribution in [0.25, 0.3) is 10.9 Å². The van der Waals surface area contributed by atoms with E-state index < -0.39 is 0 Å². The Morgan fingerprint density at radius 2 is 2.09 bits per heavy atom. The van der Waals surface area contributed by atoms with E-state index in [1.807, 2.05) is 25.4 Å². The summed E-state index contributed by atoms with van der Waals surface area (Å²) in [5, 5.41) is 4.17. The van der Waals surface area contributed by atoms with E-state index in [2.05, 4.69) is 34.0 Å². The van der Waals surface area contributed by atoms with E-state index in [1.54, 1.807) is 7.11 Å². The molecule has 1 amide bonds. The number of amides is 1. The van der Waals surface area contributed by atoms with Gasteiger partial charge in [-0.1, -0.05) is 18.2 Å². The van der Waals surface area contributed by atoms with Crippen LogP contribution >= 0.6 is 0 Å². The molecule has 1 aromatic heterocycles. The number of fused-ring (bicyclic) bond motifs is 1. The summed E-state index contributed by atoms with van der Waals surface area (Å²) in [6.07, 6.45) is 3.42. The Morgan fingerprint density at radius 3 is 2.87 bits per heavy atom. The number of hydrogen-bond acceptors (Lipinski definition) is 3. The molecular formula is C18H27N3O2. The molecule has 0 fully saturated rings. The first-order chi connectivity index (χ1) is 11.1. The SMILES string of the molecule is COCCN(C)CCCNC(=O)Cc1cn(C)c2ccccc12. The van der Waals surface area contributed by atoms with Crippen molar-refractivity contribution < 1.29 is 9.53 Å². The Kier molecular flexibility index (Phi) is 6.62. The predicted molar refractivity (Wildman–Crippen MR) is 93.6 cm³/mol. The molecule has 0 bridgehead atoms. The number of nitrogens with zero attached hydrogens (tertiary/aromatic N) is 2. The first kappa shape index (κ1) is 17.5. The Balaban J connectivity index is 1.76. The monoisotopic (exact) mass is 317 g/mol. The molecule has 0 saturated carbocycles. The molecule has 5 heteroatoms. The van der Waals surface area contributed by atoms with Gasteiger partial charge in [-0.05, 0) is 31.6 Å². The van der Waals surface area contributed by atoms with Crippen molar-refractivity contribution in [2.45, 2.75) is 12.8 Å². The van der Waals surface area contributed by atoms with E-state index in [-0.39, 0.29) is 5.91 Å². The molecule has 0 aliphatic carbocycles.